The number of nitrogen functional groups attached to an aromatic ring is 1. The maximum Gasteiger partial charge on any atom is 0.252 e. The number of hydrogen-bond acceptors (Lipinski definition) is 5. The van der Waals surface area contributed by atoms with E-state index >= 15 is 0 Å². The fourth-order valence-electron chi connectivity index (χ4n) is 1.23. The summed E-state index contributed by atoms with van der Waals surface area (Å²) in [5.41, 5.74) is 5.98. The van der Waals surface area contributed by atoms with Gasteiger partial charge < -0.3 is 5.73 Å². The van der Waals surface area contributed by atoms with E-state index in [0.717, 1.165) is 17.1 Å². The van der Waals surface area contributed by atoms with Crippen LogP contribution in [0.5, 0.6) is 0 Å². The molecule has 0 radical (unpaired) electrons. The number of anilines is 1. The van der Waals surface area contributed by atoms with E-state index in [1.165, 1.54) is 0 Å². The SMILES string of the molecule is CCCSc1cnn(-c2ncccn2)c1N. The monoisotopic (exact) mass is 235 g/mol. The molecule has 0 bridgehead atoms. The van der Waals surface area contributed by atoms with Gasteiger partial charge in [0.1, 0.15) is 5.82 Å². The second kappa shape index (κ2) is 4.98. The van der Waals surface area contributed by atoms with Crippen molar-refractivity contribution < 1.29 is 0 Å². The zero-order valence-corrected chi connectivity index (χ0v) is 9.81. The molecule has 0 spiro atoms. The molecule has 0 aliphatic carbocycles. The van der Waals surface area contributed by atoms with Crippen LogP contribution in [-0.4, -0.2) is 25.5 Å². The molecular formula is C10H13N5S. The first-order chi connectivity index (χ1) is 7.83. The predicted octanol–water partition coefficient (Wildman–Crippen LogP) is 1.75. The zero-order valence-electron chi connectivity index (χ0n) is 9.00. The van der Waals surface area contributed by atoms with Crippen molar-refractivity contribution in [3.63, 3.8) is 0 Å². The topological polar surface area (TPSA) is 69.6 Å². The molecule has 2 aromatic heterocycles. The second-order valence-electron chi connectivity index (χ2n) is 3.20. The molecule has 0 saturated carbocycles. The minimum Gasteiger partial charge on any atom is -0.383 e. The third-order valence-corrected chi connectivity index (χ3v) is 3.21. The van der Waals surface area contributed by atoms with Crippen LogP contribution in [0.3, 0.4) is 0 Å². The molecule has 0 saturated heterocycles. The lowest BCUT2D eigenvalue weighted by molar-refractivity contribution is 0.817. The van der Waals surface area contributed by atoms with Crippen molar-refractivity contribution in [3.8, 4) is 5.95 Å². The van der Waals surface area contributed by atoms with E-state index in [1.807, 2.05) is 0 Å². The van der Waals surface area contributed by atoms with E-state index < -0.39 is 0 Å². The molecule has 0 atom stereocenters. The Kier molecular flexibility index (Phi) is 3.40. The molecule has 2 rings (SSSR count). The molecule has 5 nitrogen and oxygen atoms in total. The van der Waals surface area contributed by atoms with Crippen molar-refractivity contribution in [1.82, 2.24) is 19.7 Å². The van der Waals surface area contributed by atoms with Crippen molar-refractivity contribution in [2.75, 3.05) is 11.5 Å². The van der Waals surface area contributed by atoms with E-state index in [1.54, 1.807) is 41.1 Å². The highest BCUT2D eigenvalue weighted by molar-refractivity contribution is 7.99. The summed E-state index contributed by atoms with van der Waals surface area (Å²) in [6.45, 7) is 2.13. The van der Waals surface area contributed by atoms with Crippen LogP contribution < -0.4 is 5.73 Å². The van der Waals surface area contributed by atoms with Crippen molar-refractivity contribution in [2.24, 2.45) is 0 Å². The van der Waals surface area contributed by atoms with E-state index in [0.29, 0.717) is 11.8 Å². The molecule has 6 heteroatoms. The molecule has 0 aromatic carbocycles. The summed E-state index contributed by atoms with van der Waals surface area (Å²) in [5.74, 6) is 2.14. The molecule has 2 aromatic rings. The van der Waals surface area contributed by atoms with E-state index in [4.69, 9.17) is 5.73 Å². The van der Waals surface area contributed by atoms with Crippen LogP contribution in [0.2, 0.25) is 0 Å². The van der Waals surface area contributed by atoms with Gasteiger partial charge in [0.2, 0.25) is 0 Å². The van der Waals surface area contributed by atoms with Crippen LogP contribution in [0.15, 0.2) is 29.6 Å². The van der Waals surface area contributed by atoms with Crippen molar-refractivity contribution in [3.05, 3.63) is 24.7 Å². The molecule has 0 aliphatic rings. The van der Waals surface area contributed by atoms with Gasteiger partial charge in [0, 0.05) is 12.4 Å². The first-order valence-electron chi connectivity index (χ1n) is 5.06. The van der Waals surface area contributed by atoms with Gasteiger partial charge in [0.25, 0.3) is 5.95 Å². The Labute approximate surface area is 98.1 Å². The third kappa shape index (κ3) is 2.16. The van der Waals surface area contributed by atoms with Gasteiger partial charge in [-0.1, -0.05) is 6.92 Å². The summed E-state index contributed by atoms with van der Waals surface area (Å²) in [4.78, 5) is 9.19. The first kappa shape index (κ1) is 10.9. The Morgan fingerprint density at radius 3 is 2.81 bits per heavy atom. The van der Waals surface area contributed by atoms with Gasteiger partial charge in [0.15, 0.2) is 0 Å². The Bertz CT molecular complexity index is 453. The highest BCUT2D eigenvalue weighted by Crippen LogP contribution is 2.25. The van der Waals surface area contributed by atoms with E-state index in [2.05, 4.69) is 22.0 Å². The zero-order chi connectivity index (χ0) is 11.4. The number of rotatable bonds is 4. The molecule has 0 aliphatic heterocycles. The molecule has 0 amide bonds. The van der Waals surface area contributed by atoms with Crippen LogP contribution in [0, 0.1) is 0 Å². The summed E-state index contributed by atoms with van der Waals surface area (Å²) in [6, 6.07) is 1.76. The van der Waals surface area contributed by atoms with Gasteiger partial charge in [0.05, 0.1) is 11.1 Å². The Hall–Kier alpha value is -1.56. The van der Waals surface area contributed by atoms with Crippen LogP contribution in [-0.2, 0) is 0 Å². The molecular weight excluding hydrogens is 222 g/mol. The normalized spacial score (nSPS) is 10.6. The standard InChI is InChI=1S/C10H13N5S/c1-2-6-16-8-7-14-15(9(8)11)10-12-4-3-5-13-10/h3-5,7H,2,6,11H2,1H3. The van der Waals surface area contributed by atoms with Crippen molar-refractivity contribution >= 4 is 17.6 Å². The highest BCUT2D eigenvalue weighted by atomic mass is 32.2. The van der Waals surface area contributed by atoms with Gasteiger partial charge in [-0.15, -0.1) is 11.8 Å². The average molecular weight is 235 g/mol. The van der Waals surface area contributed by atoms with Gasteiger partial charge in [-0.2, -0.15) is 9.78 Å². The van der Waals surface area contributed by atoms with E-state index in [-0.39, 0.29) is 0 Å². The van der Waals surface area contributed by atoms with Gasteiger partial charge in [-0.3, -0.25) is 0 Å². The Balaban J connectivity index is 2.27. The summed E-state index contributed by atoms with van der Waals surface area (Å²) >= 11 is 1.70. The lowest BCUT2D eigenvalue weighted by Gasteiger charge is -2.02. The number of aromatic nitrogens is 4. The van der Waals surface area contributed by atoms with Gasteiger partial charge in [-0.05, 0) is 18.2 Å². The highest BCUT2D eigenvalue weighted by Gasteiger charge is 2.10. The van der Waals surface area contributed by atoms with Gasteiger partial charge >= 0.3 is 0 Å². The summed E-state index contributed by atoms with van der Waals surface area (Å²) in [6.07, 6.45) is 6.20. The third-order valence-electron chi connectivity index (χ3n) is 1.97. The molecule has 2 heterocycles. The molecule has 0 unspecified atom stereocenters. The molecule has 16 heavy (non-hydrogen) atoms. The Morgan fingerprint density at radius 1 is 1.38 bits per heavy atom. The fraction of sp³-hybridized carbons (Fsp3) is 0.300. The smallest absolute Gasteiger partial charge is 0.252 e. The lowest BCUT2D eigenvalue weighted by atomic mass is 10.6. The minimum absolute atomic E-state index is 0.503. The van der Waals surface area contributed by atoms with Crippen LogP contribution in [0.1, 0.15) is 13.3 Å². The maximum absolute atomic E-state index is 5.98. The number of nitrogens with two attached hydrogens (primary N) is 1. The van der Waals surface area contributed by atoms with Crippen molar-refractivity contribution in [2.45, 2.75) is 18.2 Å². The predicted molar refractivity (Wildman–Crippen MR) is 64.6 cm³/mol. The van der Waals surface area contributed by atoms with E-state index in [9.17, 15) is 0 Å². The number of nitrogens with zero attached hydrogens (tertiary/aromatic N) is 4. The second-order valence-corrected chi connectivity index (χ2v) is 4.34. The molecule has 84 valence electrons. The summed E-state index contributed by atoms with van der Waals surface area (Å²) < 4.78 is 1.55. The summed E-state index contributed by atoms with van der Waals surface area (Å²) in [5, 5.41) is 4.18. The molecule has 0 fully saturated rings. The molecule has 2 N–H and O–H groups in total. The summed E-state index contributed by atoms with van der Waals surface area (Å²) in [7, 11) is 0. The van der Waals surface area contributed by atoms with Crippen LogP contribution in [0.4, 0.5) is 5.82 Å². The Morgan fingerprint density at radius 2 is 2.12 bits per heavy atom. The van der Waals surface area contributed by atoms with Gasteiger partial charge in [-0.25, -0.2) is 9.97 Å². The first-order valence-corrected chi connectivity index (χ1v) is 6.05. The average Bonchev–Trinajstić information content (AvgIpc) is 2.69. The largest absolute Gasteiger partial charge is 0.383 e. The van der Waals surface area contributed by atoms with Crippen molar-refractivity contribution in [1.29, 1.82) is 0 Å². The lowest BCUT2D eigenvalue weighted by Crippen LogP contribution is -2.05. The maximum atomic E-state index is 5.98. The number of hydrogen-bond donors (Lipinski definition) is 1. The minimum atomic E-state index is 0.503. The van der Waals surface area contributed by atoms with Crippen LogP contribution in [0.25, 0.3) is 5.95 Å². The van der Waals surface area contributed by atoms with Crippen LogP contribution >= 0.6 is 11.8 Å². The number of thioether (sulfide) groups is 1. The fourth-order valence-corrected chi connectivity index (χ4v) is 2.01. The quantitative estimate of drug-likeness (QED) is 0.817.